The van der Waals surface area contributed by atoms with E-state index < -0.39 is 0 Å². The first-order chi connectivity index (χ1) is 39.7. The summed E-state index contributed by atoms with van der Waals surface area (Å²) in [5.41, 5.74) is 29.8. The van der Waals surface area contributed by atoms with Gasteiger partial charge >= 0.3 is 0 Å². The van der Waals surface area contributed by atoms with Gasteiger partial charge in [0.15, 0.2) is 0 Å². The number of fused-ring (bicyclic) bond motifs is 14. The minimum atomic E-state index is -0.207. The number of hydrogen-bond donors (Lipinski definition) is 0. The Balaban J connectivity index is 1.02. The molecular formula is C80H64N2. The normalized spacial score (nSPS) is 15.5. The van der Waals surface area contributed by atoms with E-state index in [1.807, 2.05) is 0 Å². The third-order valence-electron chi connectivity index (χ3n) is 19.8. The van der Waals surface area contributed by atoms with Crippen LogP contribution in [0.4, 0.5) is 34.1 Å². The third kappa shape index (κ3) is 6.70. The second-order valence-corrected chi connectivity index (χ2v) is 25.6. The van der Waals surface area contributed by atoms with Crippen LogP contribution in [0, 0.1) is 0 Å². The van der Waals surface area contributed by atoms with Crippen LogP contribution in [0.25, 0.3) is 77.2 Å². The van der Waals surface area contributed by atoms with E-state index in [1.54, 1.807) is 0 Å². The highest BCUT2D eigenvalue weighted by molar-refractivity contribution is 6.24. The van der Waals surface area contributed by atoms with Crippen LogP contribution < -0.4 is 9.80 Å². The Morgan fingerprint density at radius 3 is 0.976 bits per heavy atom. The molecule has 82 heavy (non-hydrogen) atoms. The van der Waals surface area contributed by atoms with E-state index in [0.717, 1.165) is 34.1 Å². The number of hydrogen-bond acceptors (Lipinski definition) is 2. The Labute approximate surface area is 482 Å². The van der Waals surface area contributed by atoms with E-state index >= 15 is 0 Å². The fourth-order valence-electron chi connectivity index (χ4n) is 15.6. The largest absolute Gasteiger partial charge is 0.309 e. The summed E-state index contributed by atoms with van der Waals surface area (Å²) in [4.78, 5) is 5.23. The molecule has 0 amide bonds. The molecule has 0 spiro atoms. The van der Waals surface area contributed by atoms with Gasteiger partial charge in [0.1, 0.15) is 0 Å². The molecule has 16 rings (SSSR count). The van der Waals surface area contributed by atoms with E-state index in [-0.39, 0.29) is 21.7 Å². The predicted octanol–water partition coefficient (Wildman–Crippen LogP) is 21.8. The van der Waals surface area contributed by atoms with Gasteiger partial charge in [0.2, 0.25) is 0 Å². The molecule has 0 N–H and O–H groups in total. The Kier molecular flexibility index (Phi) is 10.2. The summed E-state index contributed by atoms with van der Waals surface area (Å²) in [6.45, 7) is 19.2. The summed E-state index contributed by atoms with van der Waals surface area (Å²) in [5.74, 6) is 0. The molecule has 4 aliphatic carbocycles. The monoisotopic (exact) mass is 1050 g/mol. The molecule has 12 aromatic rings. The van der Waals surface area contributed by atoms with Crippen LogP contribution in [0.15, 0.2) is 243 Å². The predicted molar refractivity (Wildman–Crippen MR) is 347 cm³/mol. The van der Waals surface area contributed by atoms with Crippen molar-refractivity contribution in [2.24, 2.45) is 0 Å². The van der Waals surface area contributed by atoms with Gasteiger partial charge in [-0.2, -0.15) is 0 Å². The summed E-state index contributed by atoms with van der Waals surface area (Å²) in [6, 6.07) is 92.8. The lowest BCUT2D eigenvalue weighted by molar-refractivity contribution is 0.660. The molecule has 394 valence electrons. The van der Waals surface area contributed by atoms with Crippen molar-refractivity contribution in [1.29, 1.82) is 0 Å². The Bertz CT molecular complexity index is 4590. The lowest BCUT2D eigenvalue weighted by Crippen LogP contribution is -2.19. The Morgan fingerprint density at radius 1 is 0.207 bits per heavy atom. The minimum Gasteiger partial charge on any atom is -0.309 e. The zero-order chi connectivity index (χ0) is 55.6. The van der Waals surface area contributed by atoms with Gasteiger partial charge in [0, 0.05) is 66.0 Å². The summed E-state index contributed by atoms with van der Waals surface area (Å²) in [5, 5.41) is 4.69. The fraction of sp³-hybridized carbons (Fsp3) is 0.150. The highest BCUT2D eigenvalue weighted by Crippen LogP contribution is 2.59. The Morgan fingerprint density at radius 2 is 0.524 bits per heavy atom. The van der Waals surface area contributed by atoms with Gasteiger partial charge in [0.05, 0.1) is 11.4 Å². The lowest BCUT2D eigenvalue weighted by Gasteiger charge is -2.34. The number of rotatable bonds is 7. The quantitative estimate of drug-likeness (QED) is 0.116. The minimum absolute atomic E-state index is 0.137. The molecule has 0 saturated carbocycles. The standard InChI is InChI=1S/C80H64N2/c1-77(2)70-33-21-17-27-58(70)65-45-51(38-43-71(65)77)81(52-35-40-59-55-24-14-18-30-67(55)78(3,4)72(59)46-52)75-62-28-12-13-29-63(62)76(66-44-50(34-39-64(66)75)49-22-10-9-11-23-49)82(53-36-41-60-56-25-15-19-31-68(56)79(5,6)73(60)47-53)54-37-42-61-57-26-16-20-32-69(57)80(7,8)74(61)48-54/h9-48H,1-8H3. The maximum absolute atomic E-state index is 2.62. The molecule has 0 atom stereocenters. The molecular weight excluding hydrogens is 989 g/mol. The van der Waals surface area contributed by atoms with Crippen molar-refractivity contribution in [3.05, 3.63) is 287 Å². The van der Waals surface area contributed by atoms with E-state index in [1.165, 1.54) is 122 Å². The SMILES string of the molecule is CC1(C)c2ccccc2-c2cc(N(c3ccc4c(c3)C(C)(C)c3ccccc3-4)c3c4ccccc4c(N(c4ccc5c(c4)C(C)(C)c4ccccc4-5)c4ccc5c(c4)C(C)(C)c4ccccc4-5)c4cc(-c5ccccc5)ccc34)ccc21. The number of nitrogens with zero attached hydrogens (tertiary/aromatic N) is 2. The molecule has 0 bridgehead atoms. The van der Waals surface area contributed by atoms with Crippen molar-refractivity contribution in [3.8, 4) is 55.6 Å². The average Bonchev–Trinajstić information content (AvgIpc) is 3.82. The molecule has 2 heteroatoms. The van der Waals surface area contributed by atoms with Crippen LogP contribution in [0.3, 0.4) is 0 Å². The molecule has 0 heterocycles. The summed E-state index contributed by atoms with van der Waals surface area (Å²) in [7, 11) is 0. The van der Waals surface area contributed by atoms with Crippen LogP contribution in [-0.4, -0.2) is 0 Å². The molecule has 0 aromatic heterocycles. The number of benzene rings is 12. The highest BCUT2D eigenvalue weighted by atomic mass is 15.2. The van der Waals surface area contributed by atoms with Crippen molar-refractivity contribution < 1.29 is 0 Å². The van der Waals surface area contributed by atoms with Crippen LogP contribution in [0.5, 0.6) is 0 Å². The average molecular weight is 1050 g/mol. The number of anilines is 6. The fourth-order valence-corrected chi connectivity index (χ4v) is 15.6. The van der Waals surface area contributed by atoms with E-state index in [4.69, 9.17) is 0 Å². The molecule has 0 radical (unpaired) electrons. The summed E-state index contributed by atoms with van der Waals surface area (Å²) in [6.07, 6.45) is 0. The van der Waals surface area contributed by atoms with Gasteiger partial charge in [-0.3, -0.25) is 0 Å². The van der Waals surface area contributed by atoms with Gasteiger partial charge in [-0.15, -0.1) is 0 Å². The summed E-state index contributed by atoms with van der Waals surface area (Å²) >= 11 is 0. The molecule has 0 saturated heterocycles. The molecule has 0 aliphatic heterocycles. The smallest absolute Gasteiger partial charge is 0.0620 e. The Hall–Kier alpha value is -9.24. The van der Waals surface area contributed by atoms with E-state index in [9.17, 15) is 0 Å². The van der Waals surface area contributed by atoms with Crippen LogP contribution >= 0.6 is 0 Å². The maximum Gasteiger partial charge on any atom is 0.0620 e. The van der Waals surface area contributed by atoms with Crippen molar-refractivity contribution >= 4 is 55.7 Å². The van der Waals surface area contributed by atoms with E-state index in [2.05, 4.69) is 308 Å². The first-order valence-electron chi connectivity index (χ1n) is 29.3. The zero-order valence-electron chi connectivity index (χ0n) is 48.0. The first-order valence-corrected chi connectivity index (χ1v) is 29.3. The van der Waals surface area contributed by atoms with Crippen molar-refractivity contribution in [2.75, 3.05) is 9.80 Å². The topological polar surface area (TPSA) is 6.48 Å². The molecule has 0 fully saturated rings. The third-order valence-corrected chi connectivity index (χ3v) is 19.8. The van der Waals surface area contributed by atoms with Crippen molar-refractivity contribution in [2.45, 2.75) is 77.0 Å². The highest BCUT2D eigenvalue weighted by Gasteiger charge is 2.41. The maximum atomic E-state index is 2.62. The van der Waals surface area contributed by atoms with Gasteiger partial charge in [-0.1, -0.05) is 243 Å². The van der Waals surface area contributed by atoms with Gasteiger partial charge in [-0.25, -0.2) is 0 Å². The zero-order valence-corrected chi connectivity index (χ0v) is 48.0. The molecule has 12 aromatic carbocycles. The van der Waals surface area contributed by atoms with E-state index in [0.29, 0.717) is 0 Å². The van der Waals surface area contributed by atoms with Crippen molar-refractivity contribution in [3.63, 3.8) is 0 Å². The second-order valence-electron chi connectivity index (χ2n) is 25.6. The van der Waals surface area contributed by atoms with Crippen molar-refractivity contribution in [1.82, 2.24) is 0 Å². The van der Waals surface area contributed by atoms with Gasteiger partial charge in [0.25, 0.3) is 0 Å². The molecule has 2 nitrogen and oxygen atoms in total. The van der Waals surface area contributed by atoms with Crippen LogP contribution in [-0.2, 0) is 21.7 Å². The van der Waals surface area contributed by atoms with Crippen LogP contribution in [0.1, 0.15) is 99.9 Å². The lowest BCUT2D eigenvalue weighted by atomic mass is 9.82. The molecule has 4 aliphatic rings. The summed E-state index contributed by atoms with van der Waals surface area (Å²) < 4.78 is 0. The van der Waals surface area contributed by atoms with Crippen LogP contribution in [0.2, 0.25) is 0 Å². The van der Waals surface area contributed by atoms with Gasteiger partial charge < -0.3 is 9.80 Å². The van der Waals surface area contributed by atoms with Gasteiger partial charge in [-0.05, 0) is 155 Å². The second kappa shape index (κ2) is 17.1. The first kappa shape index (κ1) is 48.6. The molecule has 0 unspecified atom stereocenters.